The van der Waals surface area contributed by atoms with Crippen molar-refractivity contribution >= 4 is 12.3 Å². The molecule has 0 amide bonds. The SMILES string of the molecule is CC1CCC2(C)C(CCC3(C)C2CCC3(C)C=O)C1(C)Cc1cc(C(=O)O)ccc1O. The molecule has 170 valence electrons. The van der Waals surface area contributed by atoms with Crippen LogP contribution in [0.25, 0.3) is 0 Å². The first-order valence-electron chi connectivity index (χ1n) is 11.9. The summed E-state index contributed by atoms with van der Waals surface area (Å²) in [7, 11) is 0. The van der Waals surface area contributed by atoms with Gasteiger partial charge in [0.05, 0.1) is 5.56 Å². The Hall–Kier alpha value is -1.84. The molecule has 3 saturated carbocycles. The average molecular weight is 427 g/mol. The van der Waals surface area contributed by atoms with Crippen LogP contribution in [0, 0.1) is 39.4 Å². The first kappa shape index (κ1) is 22.4. The lowest BCUT2D eigenvalue weighted by Gasteiger charge is -2.65. The van der Waals surface area contributed by atoms with E-state index in [1.165, 1.54) is 24.8 Å². The van der Waals surface area contributed by atoms with Crippen LogP contribution in [-0.2, 0) is 11.2 Å². The predicted molar refractivity (Wildman–Crippen MR) is 121 cm³/mol. The molecule has 0 spiro atoms. The Morgan fingerprint density at radius 2 is 1.74 bits per heavy atom. The molecule has 0 saturated heterocycles. The number of rotatable bonds is 4. The maximum Gasteiger partial charge on any atom is 0.335 e. The number of carboxylic acids is 1. The van der Waals surface area contributed by atoms with E-state index in [0.717, 1.165) is 37.7 Å². The van der Waals surface area contributed by atoms with Crippen LogP contribution in [0.5, 0.6) is 5.75 Å². The number of aromatic carboxylic acids is 1. The van der Waals surface area contributed by atoms with Crippen molar-refractivity contribution in [1.29, 1.82) is 0 Å². The van der Waals surface area contributed by atoms with Gasteiger partial charge in [0.15, 0.2) is 0 Å². The molecule has 0 radical (unpaired) electrons. The van der Waals surface area contributed by atoms with Crippen LogP contribution in [0.1, 0.15) is 89.1 Å². The normalized spacial score (nSPS) is 44.4. The van der Waals surface area contributed by atoms with Gasteiger partial charge in [-0.25, -0.2) is 4.79 Å². The van der Waals surface area contributed by atoms with E-state index in [4.69, 9.17) is 0 Å². The quantitative estimate of drug-likeness (QED) is 0.570. The fourth-order valence-corrected chi connectivity index (χ4v) is 8.37. The molecule has 4 nitrogen and oxygen atoms in total. The predicted octanol–water partition coefficient (Wildman–Crippen LogP) is 6.11. The third-order valence-electron chi connectivity index (χ3n) is 10.8. The fraction of sp³-hybridized carbons (Fsp3) is 0.704. The first-order chi connectivity index (χ1) is 14.4. The summed E-state index contributed by atoms with van der Waals surface area (Å²) in [5.74, 6) is 0.742. The third-order valence-corrected chi connectivity index (χ3v) is 10.8. The Morgan fingerprint density at radius 1 is 1.06 bits per heavy atom. The summed E-state index contributed by atoms with van der Waals surface area (Å²) in [5.41, 5.74) is 0.928. The molecule has 7 atom stereocenters. The number of carbonyl (C=O) groups excluding carboxylic acids is 1. The topological polar surface area (TPSA) is 74.6 Å². The lowest BCUT2D eigenvalue weighted by atomic mass is 9.39. The lowest BCUT2D eigenvalue weighted by molar-refractivity contribution is -0.163. The molecule has 3 aliphatic rings. The molecule has 1 aromatic rings. The highest BCUT2D eigenvalue weighted by atomic mass is 16.4. The van der Waals surface area contributed by atoms with Crippen molar-refractivity contribution in [2.75, 3.05) is 0 Å². The zero-order valence-corrected chi connectivity index (χ0v) is 19.7. The molecule has 31 heavy (non-hydrogen) atoms. The summed E-state index contributed by atoms with van der Waals surface area (Å²) in [6, 6.07) is 4.66. The molecule has 0 aromatic heterocycles. The Morgan fingerprint density at radius 3 is 2.39 bits per heavy atom. The summed E-state index contributed by atoms with van der Waals surface area (Å²) in [6.07, 6.45) is 8.49. The molecule has 0 aliphatic heterocycles. The van der Waals surface area contributed by atoms with Gasteiger partial charge in [-0.15, -0.1) is 0 Å². The fourth-order valence-electron chi connectivity index (χ4n) is 8.37. The van der Waals surface area contributed by atoms with Gasteiger partial charge in [0.2, 0.25) is 0 Å². The zero-order valence-electron chi connectivity index (χ0n) is 19.7. The Bertz CT molecular complexity index is 908. The number of fused-ring (bicyclic) bond motifs is 3. The third kappa shape index (κ3) is 3.00. The highest BCUT2D eigenvalue weighted by Gasteiger charge is 2.66. The number of hydrogen-bond donors (Lipinski definition) is 2. The summed E-state index contributed by atoms with van der Waals surface area (Å²) in [4.78, 5) is 23.6. The maximum atomic E-state index is 12.1. The number of phenols is 1. The van der Waals surface area contributed by atoms with Crippen molar-refractivity contribution in [3.8, 4) is 5.75 Å². The molecular weight excluding hydrogens is 388 g/mol. The number of phenolic OH excluding ortho intramolecular Hbond substituents is 1. The Balaban J connectivity index is 1.73. The van der Waals surface area contributed by atoms with E-state index < -0.39 is 5.97 Å². The van der Waals surface area contributed by atoms with Gasteiger partial charge in [0.25, 0.3) is 0 Å². The maximum absolute atomic E-state index is 12.1. The molecule has 4 rings (SSSR count). The van der Waals surface area contributed by atoms with Crippen LogP contribution in [0.2, 0.25) is 0 Å². The summed E-state index contributed by atoms with van der Waals surface area (Å²) < 4.78 is 0. The largest absolute Gasteiger partial charge is 0.508 e. The molecule has 0 bridgehead atoms. The number of hydrogen-bond acceptors (Lipinski definition) is 3. The average Bonchev–Trinajstić information content (AvgIpc) is 2.99. The van der Waals surface area contributed by atoms with Crippen molar-refractivity contribution in [2.24, 2.45) is 39.4 Å². The summed E-state index contributed by atoms with van der Waals surface area (Å²) >= 11 is 0. The minimum absolute atomic E-state index is 0.0247. The van der Waals surface area contributed by atoms with Crippen molar-refractivity contribution in [1.82, 2.24) is 0 Å². The lowest BCUT2D eigenvalue weighted by Crippen LogP contribution is -2.58. The second-order valence-electron chi connectivity index (χ2n) is 11.9. The first-order valence-corrected chi connectivity index (χ1v) is 11.9. The highest BCUT2D eigenvalue weighted by molar-refractivity contribution is 5.88. The second kappa shape index (κ2) is 7.08. The number of carboxylic acid groups (broad SMARTS) is 1. The van der Waals surface area contributed by atoms with E-state index in [-0.39, 0.29) is 33.0 Å². The minimum atomic E-state index is -0.958. The van der Waals surface area contributed by atoms with Crippen LogP contribution >= 0.6 is 0 Å². The van der Waals surface area contributed by atoms with Gasteiger partial charge >= 0.3 is 5.97 Å². The minimum Gasteiger partial charge on any atom is -0.508 e. The zero-order chi connectivity index (χ0) is 22.8. The van der Waals surface area contributed by atoms with Crippen molar-refractivity contribution in [3.05, 3.63) is 29.3 Å². The standard InChI is InChI=1S/C27H38O4/c1-17-8-12-25(3)21(10-13-27(5)22(25)9-11-24(27,2)16-28)26(17,4)15-19-14-18(23(30)31)6-7-20(19)29/h6-7,14,16-17,21-22,29H,8-13,15H2,1-5H3,(H,30,31). The number of aromatic hydroxyl groups is 1. The van der Waals surface area contributed by atoms with Crippen LogP contribution in [0.3, 0.4) is 0 Å². The molecule has 0 heterocycles. The molecule has 2 N–H and O–H groups in total. The van der Waals surface area contributed by atoms with Gasteiger partial charge < -0.3 is 15.0 Å². The molecular formula is C27H38O4. The van der Waals surface area contributed by atoms with Crippen LogP contribution in [-0.4, -0.2) is 22.5 Å². The van der Waals surface area contributed by atoms with Crippen molar-refractivity contribution in [2.45, 2.75) is 79.6 Å². The molecule has 3 aliphatic carbocycles. The van der Waals surface area contributed by atoms with Crippen LogP contribution in [0.4, 0.5) is 0 Å². The van der Waals surface area contributed by atoms with Crippen molar-refractivity contribution < 1.29 is 19.8 Å². The summed E-state index contributed by atoms with van der Waals surface area (Å²) in [5, 5.41) is 20.0. The second-order valence-corrected chi connectivity index (χ2v) is 11.9. The monoisotopic (exact) mass is 426 g/mol. The van der Waals surface area contributed by atoms with E-state index in [9.17, 15) is 19.8 Å². The number of carbonyl (C=O) groups is 2. The van der Waals surface area contributed by atoms with Crippen LogP contribution < -0.4 is 0 Å². The van der Waals surface area contributed by atoms with E-state index in [2.05, 4.69) is 34.6 Å². The van der Waals surface area contributed by atoms with Crippen LogP contribution in [0.15, 0.2) is 18.2 Å². The molecule has 4 heteroatoms. The van der Waals surface area contributed by atoms with E-state index in [1.807, 2.05) is 0 Å². The van der Waals surface area contributed by atoms with E-state index >= 15 is 0 Å². The molecule has 7 unspecified atom stereocenters. The van der Waals surface area contributed by atoms with E-state index in [1.54, 1.807) is 6.07 Å². The van der Waals surface area contributed by atoms with E-state index in [0.29, 0.717) is 24.2 Å². The number of benzene rings is 1. The van der Waals surface area contributed by atoms with Gasteiger partial charge in [-0.05, 0) is 103 Å². The smallest absolute Gasteiger partial charge is 0.335 e. The van der Waals surface area contributed by atoms with Gasteiger partial charge in [-0.3, -0.25) is 0 Å². The van der Waals surface area contributed by atoms with Gasteiger partial charge in [-0.1, -0.05) is 34.6 Å². The molecule has 1 aromatic carbocycles. The number of aldehydes is 1. The Labute approximate surface area is 186 Å². The van der Waals surface area contributed by atoms with Gasteiger partial charge in [-0.2, -0.15) is 0 Å². The Kier molecular flexibility index (Phi) is 5.11. The summed E-state index contributed by atoms with van der Waals surface area (Å²) in [6.45, 7) is 11.7. The highest BCUT2D eigenvalue weighted by Crippen LogP contribution is 2.73. The van der Waals surface area contributed by atoms with Crippen molar-refractivity contribution in [3.63, 3.8) is 0 Å². The van der Waals surface area contributed by atoms with Gasteiger partial charge in [0, 0.05) is 5.41 Å². The van der Waals surface area contributed by atoms with Gasteiger partial charge in [0.1, 0.15) is 12.0 Å². The molecule has 3 fully saturated rings.